The van der Waals surface area contributed by atoms with Crippen molar-refractivity contribution in [2.45, 2.75) is 20.8 Å². The zero-order valence-electron chi connectivity index (χ0n) is 14.7. The zero-order chi connectivity index (χ0) is 15.4. The van der Waals surface area contributed by atoms with Crippen LogP contribution in [0.4, 0.5) is 0 Å². The molecule has 0 bridgehead atoms. The molecule has 0 saturated heterocycles. The maximum Gasteiger partial charge on any atom is 0 e. The Morgan fingerprint density at radius 2 is 1.54 bits per heavy atom. The third kappa shape index (κ3) is 3.98. The molecule has 1 nitrogen and oxygen atoms in total. The molecule has 0 aliphatic carbocycles. The second-order valence-corrected chi connectivity index (χ2v) is 6.79. The van der Waals surface area contributed by atoms with Gasteiger partial charge in [-0.15, -0.1) is 42.8 Å². The van der Waals surface area contributed by atoms with Gasteiger partial charge < -0.3 is 4.57 Å². The second-order valence-electron chi connectivity index (χ2n) is 6.00. The van der Waals surface area contributed by atoms with Crippen molar-refractivity contribution in [3.8, 4) is 5.69 Å². The van der Waals surface area contributed by atoms with Crippen molar-refractivity contribution >= 4 is 74.8 Å². The predicted molar refractivity (Wildman–Crippen MR) is 120 cm³/mol. The minimum absolute atomic E-state index is 0. The average molecular weight is 552 g/mol. The molecule has 3 aromatic carbocycles. The fourth-order valence-corrected chi connectivity index (χ4v) is 4.27. The van der Waals surface area contributed by atoms with Gasteiger partial charge >= 0.3 is 0 Å². The van der Waals surface area contributed by atoms with E-state index in [1.54, 1.807) is 0 Å². The summed E-state index contributed by atoms with van der Waals surface area (Å²) in [6, 6.07) is 17.4. The van der Waals surface area contributed by atoms with Crippen LogP contribution in [0.15, 0.2) is 53.0 Å². The van der Waals surface area contributed by atoms with Crippen LogP contribution in [0.1, 0.15) is 16.8 Å². The van der Waals surface area contributed by atoms with Crippen molar-refractivity contribution in [2.75, 3.05) is 0 Å². The number of aryl methyl sites for hydroxylation is 2. The summed E-state index contributed by atoms with van der Waals surface area (Å²) in [6.45, 7) is 6.56. The first-order valence-electron chi connectivity index (χ1n) is 7.50. The van der Waals surface area contributed by atoms with E-state index < -0.39 is 0 Å². The molecule has 0 fully saturated rings. The van der Waals surface area contributed by atoms with Crippen LogP contribution in [-0.2, 0) is 26.2 Å². The van der Waals surface area contributed by atoms with Crippen LogP contribution >= 0.6 is 53.2 Å². The molecule has 0 aliphatic heterocycles. The van der Waals surface area contributed by atoms with E-state index >= 15 is 0 Å². The van der Waals surface area contributed by atoms with Gasteiger partial charge in [0.1, 0.15) is 0 Å². The number of hydrogen-bond donors (Lipinski definition) is 0. The Labute approximate surface area is 200 Å². The van der Waals surface area contributed by atoms with Gasteiger partial charge in [-0.2, -0.15) is 0 Å². The van der Waals surface area contributed by atoms with Crippen molar-refractivity contribution in [2.24, 2.45) is 0 Å². The molecule has 0 amide bonds. The smallest absolute Gasteiger partial charge is 0 e. The third-order valence-corrected chi connectivity index (χ3v) is 5.40. The summed E-state index contributed by atoms with van der Waals surface area (Å²) in [5.74, 6) is 0. The van der Waals surface area contributed by atoms with E-state index in [0.29, 0.717) is 0 Å². The maximum atomic E-state index is 3.85. The molecule has 0 radical (unpaired) electrons. The van der Waals surface area contributed by atoms with Gasteiger partial charge in [-0.1, -0.05) is 94.9 Å². The van der Waals surface area contributed by atoms with Gasteiger partial charge in [0.05, 0.1) is 0 Å². The summed E-state index contributed by atoms with van der Waals surface area (Å²) in [4.78, 5) is 0. The zero-order valence-corrected chi connectivity index (χ0v) is 21.2. The Kier molecular flexibility index (Phi) is 9.78. The van der Waals surface area contributed by atoms with E-state index in [2.05, 4.69) is 89.8 Å². The number of benzene rings is 2. The topological polar surface area (TPSA) is 4.93 Å². The summed E-state index contributed by atoms with van der Waals surface area (Å²) >= 11 is 3.85. The summed E-state index contributed by atoms with van der Waals surface area (Å²) in [5.41, 5.74) is 6.43. The Balaban J connectivity index is 0.00000156. The molecule has 138 valence electrons. The van der Waals surface area contributed by atoms with E-state index in [-0.39, 0.29) is 63.4 Å². The van der Waals surface area contributed by atoms with E-state index in [1.165, 1.54) is 48.7 Å². The van der Waals surface area contributed by atoms with E-state index in [0.717, 1.165) is 0 Å². The molecular weight excluding hydrogens is 532 g/mol. The molecule has 0 N–H and O–H groups in total. The normalized spacial score (nSPS) is 9.85. The van der Waals surface area contributed by atoms with Gasteiger partial charge in [0.15, 0.2) is 0 Å². The third-order valence-electron chi connectivity index (χ3n) is 4.58. The molecule has 4 aromatic rings. The van der Waals surface area contributed by atoms with Crippen LogP contribution in [0, 0.1) is 20.8 Å². The molecule has 0 atom stereocenters. The number of hydrogen-bond acceptors (Lipinski definition) is 0. The Morgan fingerprint density at radius 3 is 2.15 bits per heavy atom. The van der Waals surface area contributed by atoms with Crippen molar-refractivity contribution < 1.29 is 26.2 Å². The molecule has 0 spiro atoms. The van der Waals surface area contributed by atoms with Gasteiger partial charge in [-0.3, -0.25) is 0 Å². The number of para-hydroxylation sites is 1. The minimum atomic E-state index is 0. The number of nitrogens with zero attached hydrogens (tertiary/aromatic N) is 1. The van der Waals surface area contributed by atoms with E-state index in [9.17, 15) is 0 Å². The van der Waals surface area contributed by atoms with Gasteiger partial charge in [-0.05, 0) is 33.4 Å². The summed E-state index contributed by atoms with van der Waals surface area (Å²) < 4.78 is 3.57. The van der Waals surface area contributed by atoms with Gasteiger partial charge in [0, 0.05) is 26.2 Å². The molecule has 1 aromatic heterocycles. The van der Waals surface area contributed by atoms with E-state index in [4.69, 9.17) is 0 Å². The number of fused-ring (bicyclic) bond motifs is 2. The van der Waals surface area contributed by atoms with Crippen molar-refractivity contribution in [3.63, 3.8) is 0 Å². The Hall–Kier alpha value is -0.177. The first kappa shape index (κ1) is 25.8. The fourth-order valence-electron chi connectivity index (χ4n) is 3.42. The monoisotopic (exact) mass is 548 g/mol. The molecule has 6 heteroatoms. The summed E-state index contributed by atoms with van der Waals surface area (Å²) in [6.07, 6.45) is 0. The Morgan fingerprint density at radius 1 is 0.923 bits per heavy atom. The quantitative estimate of drug-likeness (QED) is 0.217. The van der Waals surface area contributed by atoms with Crippen LogP contribution in [-0.4, -0.2) is 4.57 Å². The van der Waals surface area contributed by atoms with Crippen LogP contribution in [0.3, 0.4) is 0 Å². The van der Waals surface area contributed by atoms with Crippen LogP contribution in [0.2, 0.25) is 0 Å². The average Bonchev–Trinajstić information content (AvgIpc) is 2.99. The van der Waals surface area contributed by atoms with Crippen molar-refractivity contribution in [3.05, 3.63) is 69.8 Å². The minimum Gasteiger partial charge on any atom is -0.441 e. The van der Waals surface area contributed by atoms with Crippen LogP contribution in [0.5, 0.6) is 0 Å². The summed E-state index contributed by atoms with van der Waals surface area (Å²) in [7, 11) is 0. The van der Waals surface area contributed by atoms with Crippen molar-refractivity contribution in [1.82, 2.24) is 4.57 Å². The van der Waals surface area contributed by atoms with Crippen LogP contribution < -0.4 is 0 Å². The maximum absolute atomic E-state index is 3.85. The molecule has 0 saturated carbocycles. The SMILES string of the molecule is Cc1cc2cc3c(c(Br)c2c1)c(C)[c-](C)n3-c1ccccc1.Cl.Cl.Cl.[Zr]. The first-order chi connectivity index (χ1) is 10.6. The van der Waals surface area contributed by atoms with Crippen molar-refractivity contribution in [1.29, 1.82) is 0 Å². The molecule has 0 unspecified atom stereocenters. The largest absolute Gasteiger partial charge is 0.441 e. The number of aromatic nitrogens is 1. The van der Waals surface area contributed by atoms with E-state index in [1.807, 2.05) is 0 Å². The molecular formula is C20H20BrCl3NZr-. The molecule has 1 heterocycles. The Bertz CT molecular complexity index is 1020. The summed E-state index contributed by atoms with van der Waals surface area (Å²) in [5, 5.41) is 3.92. The predicted octanol–water partition coefficient (Wildman–Crippen LogP) is 7.45. The molecule has 4 rings (SSSR count). The number of rotatable bonds is 1. The standard InChI is InChI=1S/C20H17BrN.3ClH.Zr/c1-12-9-15-11-18-19(20(21)17(15)10-12)13(2)14(3)22(18)16-7-5-4-6-8-16;;;;/h4-11H,1-3H3;3*1H;/q-1;;;;. The van der Waals surface area contributed by atoms with Gasteiger partial charge in [0.2, 0.25) is 0 Å². The number of halogens is 4. The fraction of sp³-hybridized carbons (Fsp3) is 0.150. The van der Waals surface area contributed by atoms with Gasteiger partial charge in [0.25, 0.3) is 0 Å². The molecule has 0 aliphatic rings. The van der Waals surface area contributed by atoms with Gasteiger partial charge in [-0.25, -0.2) is 0 Å². The first-order valence-corrected chi connectivity index (χ1v) is 8.30. The second kappa shape index (κ2) is 9.85. The van der Waals surface area contributed by atoms with Crippen LogP contribution in [0.25, 0.3) is 27.4 Å². The molecule has 26 heavy (non-hydrogen) atoms.